The van der Waals surface area contributed by atoms with Crippen LogP contribution in [0.4, 0.5) is 22.0 Å². The first-order chi connectivity index (χ1) is 24.1. The minimum Gasteiger partial charge on any atom is -0.420 e. The summed E-state index contributed by atoms with van der Waals surface area (Å²) in [6.45, 7) is 3.42. The van der Waals surface area contributed by atoms with E-state index in [1.807, 2.05) is 36.9 Å². The zero-order chi connectivity index (χ0) is 35.4. The molecule has 0 spiro atoms. The molecular weight excluding hydrogens is 671 g/mol. The Labute approximate surface area is 292 Å². The standard InChI is InChI=1S/C39H37F5N2O3S/c1-3-48-39(26-14-11-24(12-15-26)21-32(47)49-38-36(43)34(41)33(40)35(42)37(38)44)46-23-27(22-28-8-7-18-45(28)2)30-20-25(13-16-31(30)46)17-19-50-29-9-5-4-6-10-29/h4-6,9-16,20,23,28,39H,3,7-8,17-19,21-22H2,1-2H3/t28-,39?/m1/s1. The first-order valence-corrected chi connectivity index (χ1v) is 17.6. The molecule has 6 rings (SSSR count). The number of aryl methyl sites for hydroxylation is 1. The van der Waals surface area contributed by atoms with Crippen molar-refractivity contribution in [2.75, 3.05) is 26.0 Å². The number of likely N-dealkylation sites (tertiary alicyclic amines) is 1. The van der Waals surface area contributed by atoms with Crippen molar-refractivity contribution >= 4 is 28.6 Å². The van der Waals surface area contributed by atoms with E-state index in [9.17, 15) is 26.7 Å². The number of likely N-dealkylation sites (N-methyl/N-ethyl adjacent to an activating group) is 1. The third-order valence-electron chi connectivity index (χ3n) is 9.09. The zero-order valence-corrected chi connectivity index (χ0v) is 28.6. The number of halogens is 5. The summed E-state index contributed by atoms with van der Waals surface area (Å²) >= 11 is 1.84. The Kier molecular flexibility index (Phi) is 11.2. The van der Waals surface area contributed by atoms with E-state index in [-0.39, 0.29) is 0 Å². The lowest BCUT2D eigenvalue weighted by Crippen LogP contribution is -2.26. The number of thioether (sulfide) groups is 1. The van der Waals surface area contributed by atoms with Crippen LogP contribution in [-0.4, -0.2) is 47.4 Å². The van der Waals surface area contributed by atoms with Crippen molar-refractivity contribution in [2.45, 2.75) is 56.2 Å². The van der Waals surface area contributed by atoms with Crippen molar-refractivity contribution in [1.29, 1.82) is 0 Å². The second-order valence-corrected chi connectivity index (χ2v) is 13.6. The fourth-order valence-corrected chi connectivity index (χ4v) is 7.39. The average molecular weight is 709 g/mol. The summed E-state index contributed by atoms with van der Waals surface area (Å²) in [5, 5.41) is 1.18. The Morgan fingerprint density at radius 2 is 1.58 bits per heavy atom. The van der Waals surface area contributed by atoms with Gasteiger partial charge in [0.05, 0.1) is 11.9 Å². The van der Waals surface area contributed by atoms with E-state index in [2.05, 4.69) is 57.8 Å². The van der Waals surface area contributed by atoms with Crippen LogP contribution in [0.3, 0.4) is 0 Å². The number of aromatic nitrogens is 1. The predicted octanol–water partition coefficient (Wildman–Crippen LogP) is 9.04. The Hall–Kier alpha value is -4.19. The van der Waals surface area contributed by atoms with Crippen LogP contribution in [0.2, 0.25) is 0 Å². The number of nitrogens with zero attached hydrogens (tertiary/aromatic N) is 2. The summed E-state index contributed by atoms with van der Waals surface area (Å²) in [5.41, 5.74) is 4.75. The molecule has 262 valence electrons. The van der Waals surface area contributed by atoms with Gasteiger partial charge in [-0.1, -0.05) is 48.5 Å². The first-order valence-electron chi connectivity index (χ1n) is 16.6. The summed E-state index contributed by atoms with van der Waals surface area (Å²) in [6, 6.07) is 24.3. The van der Waals surface area contributed by atoms with Crippen LogP contribution in [0.25, 0.3) is 10.9 Å². The second kappa shape index (κ2) is 15.8. The number of carbonyl (C=O) groups is 1. The molecule has 2 heterocycles. The highest BCUT2D eigenvalue weighted by Gasteiger charge is 2.29. The quantitative estimate of drug-likeness (QED) is 0.0305. The third-order valence-corrected chi connectivity index (χ3v) is 10.1. The summed E-state index contributed by atoms with van der Waals surface area (Å²) in [5.74, 6) is -13.0. The van der Waals surface area contributed by atoms with Gasteiger partial charge in [-0.3, -0.25) is 4.79 Å². The number of hydrogen-bond donors (Lipinski definition) is 0. The van der Waals surface area contributed by atoms with E-state index in [1.165, 1.54) is 27.8 Å². The van der Waals surface area contributed by atoms with Gasteiger partial charge >= 0.3 is 5.97 Å². The van der Waals surface area contributed by atoms with Gasteiger partial charge in [0.1, 0.15) is 0 Å². The van der Waals surface area contributed by atoms with Crippen molar-refractivity contribution < 1.29 is 36.2 Å². The molecule has 5 aromatic rings. The lowest BCUT2D eigenvalue weighted by atomic mass is 10.0. The second-order valence-electron chi connectivity index (χ2n) is 12.4. The molecule has 2 atom stereocenters. The van der Waals surface area contributed by atoms with Crippen LogP contribution in [0, 0.1) is 29.1 Å². The number of benzene rings is 4. The van der Waals surface area contributed by atoms with Crippen LogP contribution >= 0.6 is 11.8 Å². The molecule has 1 fully saturated rings. The minimum absolute atomic E-state index is 0.415. The maximum atomic E-state index is 14.0. The van der Waals surface area contributed by atoms with Gasteiger partial charge in [0.25, 0.3) is 0 Å². The Bertz CT molecular complexity index is 1940. The fourth-order valence-electron chi connectivity index (χ4n) is 6.47. The van der Waals surface area contributed by atoms with Gasteiger partial charge in [-0.25, -0.2) is 13.2 Å². The van der Waals surface area contributed by atoms with E-state index in [0.29, 0.717) is 18.2 Å². The Morgan fingerprint density at radius 1 is 0.900 bits per heavy atom. The molecule has 1 aliphatic heterocycles. The minimum atomic E-state index is -2.33. The fraction of sp³-hybridized carbons (Fsp3) is 0.308. The monoisotopic (exact) mass is 708 g/mol. The highest BCUT2D eigenvalue weighted by Crippen LogP contribution is 2.34. The summed E-state index contributed by atoms with van der Waals surface area (Å²) in [4.78, 5) is 16.1. The van der Waals surface area contributed by atoms with Gasteiger partial charge in [-0.15, -0.1) is 11.8 Å². The van der Waals surface area contributed by atoms with Gasteiger partial charge in [-0.2, -0.15) is 8.78 Å². The number of fused-ring (bicyclic) bond motifs is 1. The molecule has 0 radical (unpaired) electrons. The summed E-state index contributed by atoms with van der Waals surface area (Å²) < 4.78 is 81.7. The van der Waals surface area contributed by atoms with Crippen molar-refractivity contribution in [2.24, 2.45) is 0 Å². The zero-order valence-electron chi connectivity index (χ0n) is 27.7. The van der Waals surface area contributed by atoms with E-state index >= 15 is 0 Å². The van der Waals surface area contributed by atoms with Crippen molar-refractivity contribution in [3.63, 3.8) is 0 Å². The molecule has 0 N–H and O–H groups in total. The molecule has 1 aromatic heterocycles. The first kappa shape index (κ1) is 35.6. The Morgan fingerprint density at radius 3 is 2.24 bits per heavy atom. The van der Waals surface area contributed by atoms with Gasteiger partial charge in [0, 0.05) is 40.4 Å². The number of esters is 1. The number of hydrogen-bond acceptors (Lipinski definition) is 5. The molecule has 50 heavy (non-hydrogen) atoms. The molecule has 0 amide bonds. The normalized spacial score (nSPS) is 15.5. The third kappa shape index (κ3) is 7.75. The molecular formula is C39H37F5N2O3S. The number of rotatable bonds is 13. The van der Waals surface area contributed by atoms with Crippen LogP contribution in [0.1, 0.15) is 48.2 Å². The number of ether oxygens (including phenoxy) is 2. The molecule has 1 saturated heterocycles. The van der Waals surface area contributed by atoms with Crippen LogP contribution in [-0.2, 0) is 28.8 Å². The van der Waals surface area contributed by atoms with Gasteiger partial charge in [-0.05, 0) is 87.2 Å². The maximum Gasteiger partial charge on any atom is 0.315 e. The lowest BCUT2D eigenvalue weighted by Gasteiger charge is -2.21. The average Bonchev–Trinajstić information content (AvgIpc) is 3.70. The summed E-state index contributed by atoms with van der Waals surface area (Å²) in [6.07, 6.45) is 5.36. The van der Waals surface area contributed by atoms with Gasteiger partial charge < -0.3 is 18.9 Å². The lowest BCUT2D eigenvalue weighted by molar-refractivity contribution is -0.134. The molecule has 11 heteroatoms. The Balaban J connectivity index is 1.24. The van der Waals surface area contributed by atoms with Gasteiger partial charge in [0.2, 0.25) is 34.8 Å². The van der Waals surface area contributed by atoms with Crippen molar-refractivity contribution in [1.82, 2.24) is 9.47 Å². The molecule has 1 unspecified atom stereocenters. The molecule has 0 aliphatic carbocycles. The van der Waals surface area contributed by atoms with E-state index in [1.54, 1.807) is 24.3 Å². The van der Waals surface area contributed by atoms with E-state index in [0.717, 1.165) is 42.6 Å². The van der Waals surface area contributed by atoms with Crippen LogP contribution in [0.5, 0.6) is 5.75 Å². The van der Waals surface area contributed by atoms with Crippen molar-refractivity contribution in [3.8, 4) is 5.75 Å². The molecule has 5 nitrogen and oxygen atoms in total. The van der Waals surface area contributed by atoms with Crippen LogP contribution in [0.15, 0.2) is 83.9 Å². The van der Waals surface area contributed by atoms with Crippen molar-refractivity contribution in [3.05, 3.63) is 130 Å². The topological polar surface area (TPSA) is 43.7 Å². The van der Waals surface area contributed by atoms with Crippen LogP contribution < -0.4 is 4.74 Å². The highest BCUT2D eigenvalue weighted by atomic mass is 32.2. The molecule has 1 aliphatic rings. The number of carbonyl (C=O) groups excluding carboxylic acids is 1. The van der Waals surface area contributed by atoms with Gasteiger partial charge in [0.15, 0.2) is 6.23 Å². The largest absolute Gasteiger partial charge is 0.420 e. The molecule has 0 saturated carbocycles. The summed E-state index contributed by atoms with van der Waals surface area (Å²) in [7, 11) is 2.17. The van der Waals surface area contributed by atoms with E-state index < -0.39 is 53.5 Å². The maximum absolute atomic E-state index is 14.0. The molecule has 0 bridgehead atoms. The highest BCUT2D eigenvalue weighted by molar-refractivity contribution is 7.99. The predicted molar refractivity (Wildman–Crippen MR) is 184 cm³/mol. The van der Waals surface area contributed by atoms with E-state index in [4.69, 9.17) is 4.74 Å². The SMILES string of the molecule is CCOC(c1ccc(CC(=O)Oc2c(F)c(F)c(F)c(F)c2F)cc1)n1cc(C[C@H]2CCCN2C)c2cc(CCSc3ccccc3)ccc21. The smallest absolute Gasteiger partial charge is 0.315 e. The molecule has 4 aromatic carbocycles.